The zero-order valence-electron chi connectivity index (χ0n) is 9.84. The number of phenols is 1. The quantitative estimate of drug-likeness (QED) is 0.823. The molecule has 2 N–H and O–H groups in total. The number of benzene rings is 1. The topological polar surface area (TPSA) is 57.5 Å². The van der Waals surface area contributed by atoms with Crippen molar-refractivity contribution in [2.24, 2.45) is 11.8 Å². The molecule has 3 heteroatoms. The van der Waals surface area contributed by atoms with E-state index < -0.39 is 11.9 Å². The molecule has 0 aliphatic rings. The summed E-state index contributed by atoms with van der Waals surface area (Å²) >= 11 is 0. The molecule has 0 bridgehead atoms. The lowest BCUT2D eigenvalue weighted by atomic mass is 9.79. The third-order valence-corrected chi connectivity index (χ3v) is 2.90. The maximum atomic E-state index is 11.0. The first-order chi connectivity index (χ1) is 7.43. The summed E-state index contributed by atoms with van der Waals surface area (Å²) in [5.74, 6) is -0.943. The van der Waals surface area contributed by atoms with Crippen LogP contribution in [0, 0.1) is 11.8 Å². The van der Waals surface area contributed by atoms with E-state index in [1.54, 1.807) is 25.1 Å². The van der Waals surface area contributed by atoms with E-state index in [1.807, 2.05) is 19.9 Å². The maximum absolute atomic E-state index is 11.0. The number of carboxylic acids is 1. The Kier molecular flexibility index (Phi) is 3.93. The normalized spacial score (nSPS) is 14.8. The third kappa shape index (κ3) is 2.75. The largest absolute Gasteiger partial charge is 0.508 e. The zero-order chi connectivity index (χ0) is 12.3. The molecule has 1 unspecified atom stereocenters. The van der Waals surface area contributed by atoms with Gasteiger partial charge in [0.05, 0.1) is 5.92 Å². The lowest BCUT2D eigenvalue weighted by Gasteiger charge is -2.25. The van der Waals surface area contributed by atoms with Gasteiger partial charge in [-0.15, -0.1) is 0 Å². The zero-order valence-corrected chi connectivity index (χ0v) is 9.84. The molecule has 0 amide bonds. The second kappa shape index (κ2) is 5.01. The van der Waals surface area contributed by atoms with Gasteiger partial charge in [-0.2, -0.15) is 0 Å². The molecule has 0 aliphatic carbocycles. The summed E-state index contributed by atoms with van der Waals surface area (Å²) in [6, 6.07) is 6.84. The van der Waals surface area contributed by atoms with Crippen molar-refractivity contribution in [3.63, 3.8) is 0 Å². The highest BCUT2D eigenvalue weighted by Gasteiger charge is 2.27. The monoisotopic (exact) mass is 222 g/mol. The number of aliphatic carboxylic acids is 1. The fourth-order valence-corrected chi connectivity index (χ4v) is 2.14. The molecule has 0 fully saturated rings. The Hall–Kier alpha value is -1.51. The van der Waals surface area contributed by atoms with Gasteiger partial charge in [-0.05, 0) is 29.5 Å². The maximum Gasteiger partial charge on any atom is 0.306 e. The van der Waals surface area contributed by atoms with E-state index in [4.69, 9.17) is 5.11 Å². The molecule has 0 heterocycles. The Morgan fingerprint density at radius 2 is 1.88 bits per heavy atom. The van der Waals surface area contributed by atoms with Crippen molar-refractivity contribution in [3.05, 3.63) is 29.8 Å². The van der Waals surface area contributed by atoms with Crippen molar-refractivity contribution in [3.8, 4) is 5.75 Å². The predicted molar refractivity (Wildman–Crippen MR) is 62.5 cm³/mol. The molecule has 0 spiro atoms. The number of carboxylic acid groups (broad SMARTS) is 1. The van der Waals surface area contributed by atoms with Crippen molar-refractivity contribution >= 4 is 5.97 Å². The molecule has 1 aromatic rings. The summed E-state index contributed by atoms with van der Waals surface area (Å²) < 4.78 is 0. The summed E-state index contributed by atoms with van der Waals surface area (Å²) in [6.07, 6.45) is 0. The van der Waals surface area contributed by atoms with Crippen LogP contribution >= 0.6 is 0 Å². The van der Waals surface area contributed by atoms with E-state index in [1.165, 1.54) is 0 Å². The van der Waals surface area contributed by atoms with Gasteiger partial charge in [0.15, 0.2) is 0 Å². The van der Waals surface area contributed by atoms with E-state index in [0.29, 0.717) is 0 Å². The third-order valence-electron chi connectivity index (χ3n) is 2.90. The van der Waals surface area contributed by atoms with E-state index in [2.05, 4.69) is 0 Å². The molecule has 88 valence electrons. The second-order valence-electron chi connectivity index (χ2n) is 4.49. The standard InChI is InChI=1S/C13H18O3/c1-8(2)12(9(3)13(15)16)10-5-4-6-11(14)7-10/h4-9,12,14H,1-3H3,(H,15,16)/t9?,12-/m1/s1. The Morgan fingerprint density at radius 1 is 1.25 bits per heavy atom. The molecule has 3 nitrogen and oxygen atoms in total. The van der Waals surface area contributed by atoms with Crippen LogP contribution in [0.3, 0.4) is 0 Å². The van der Waals surface area contributed by atoms with Crippen molar-refractivity contribution in [2.45, 2.75) is 26.7 Å². The lowest BCUT2D eigenvalue weighted by molar-refractivity contribution is -0.142. The van der Waals surface area contributed by atoms with Gasteiger partial charge in [0, 0.05) is 0 Å². The SMILES string of the molecule is CC(C)[C@@H](c1cccc(O)c1)C(C)C(=O)O. The van der Waals surface area contributed by atoms with E-state index >= 15 is 0 Å². The number of hydrogen-bond donors (Lipinski definition) is 2. The Labute approximate surface area is 95.7 Å². The highest BCUT2D eigenvalue weighted by molar-refractivity contribution is 5.71. The van der Waals surface area contributed by atoms with Gasteiger partial charge in [0.1, 0.15) is 5.75 Å². The van der Waals surface area contributed by atoms with Crippen LogP contribution in [0.4, 0.5) is 0 Å². The number of rotatable bonds is 4. The molecule has 16 heavy (non-hydrogen) atoms. The van der Waals surface area contributed by atoms with Crippen LogP contribution in [0.5, 0.6) is 5.75 Å². The first-order valence-electron chi connectivity index (χ1n) is 5.45. The van der Waals surface area contributed by atoms with Gasteiger partial charge < -0.3 is 10.2 Å². The van der Waals surface area contributed by atoms with Crippen molar-refractivity contribution in [2.75, 3.05) is 0 Å². The van der Waals surface area contributed by atoms with Gasteiger partial charge in [-0.1, -0.05) is 32.9 Å². The van der Waals surface area contributed by atoms with Crippen LogP contribution in [0.25, 0.3) is 0 Å². The molecule has 0 aliphatic heterocycles. The molecular weight excluding hydrogens is 204 g/mol. The number of phenolic OH excluding ortho intramolecular Hbond substituents is 1. The average Bonchev–Trinajstić information content (AvgIpc) is 2.17. The summed E-state index contributed by atoms with van der Waals surface area (Å²) in [6.45, 7) is 5.69. The molecule has 0 aromatic heterocycles. The van der Waals surface area contributed by atoms with Gasteiger partial charge >= 0.3 is 5.97 Å². The van der Waals surface area contributed by atoms with Crippen molar-refractivity contribution in [1.82, 2.24) is 0 Å². The van der Waals surface area contributed by atoms with E-state index in [0.717, 1.165) is 5.56 Å². The average molecular weight is 222 g/mol. The summed E-state index contributed by atoms with van der Waals surface area (Å²) in [5.41, 5.74) is 0.880. The van der Waals surface area contributed by atoms with Gasteiger partial charge in [-0.3, -0.25) is 4.79 Å². The van der Waals surface area contributed by atoms with E-state index in [9.17, 15) is 9.90 Å². The summed E-state index contributed by atoms with van der Waals surface area (Å²) in [5, 5.41) is 18.5. The molecule has 2 atom stereocenters. The summed E-state index contributed by atoms with van der Waals surface area (Å²) in [7, 11) is 0. The number of aromatic hydroxyl groups is 1. The summed E-state index contributed by atoms with van der Waals surface area (Å²) in [4.78, 5) is 11.0. The van der Waals surface area contributed by atoms with E-state index in [-0.39, 0.29) is 17.6 Å². The van der Waals surface area contributed by atoms with Gasteiger partial charge in [-0.25, -0.2) is 0 Å². The fraction of sp³-hybridized carbons (Fsp3) is 0.462. The minimum Gasteiger partial charge on any atom is -0.508 e. The highest BCUT2D eigenvalue weighted by Crippen LogP contribution is 2.33. The lowest BCUT2D eigenvalue weighted by Crippen LogP contribution is -2.23. The highest BCUT2D eigenvalue weighted by atomic mass is 16.4. The fourth-order valence-electron chi connectivity index (χ4n) is 2.14. The van der Waals surface area contributed by atoms with Crippen LogP contribution in [-0.2, 0) is 4.79 Å². The van der Waals surface area contributed by atoms with Crippen LogP contribution in [-0.4, -0.2) is 16.2 Å². The van der Waals surface area contributed by atoms with Crippen LogP contribution < -0.4 is 0 Å². The van der Waals surface area contributed by atoms with Crippen LogP contribution in [0.15, 0.2) is 24.3 Å². The molecule has 0 radical (unpaired) electrons. The minimum atomic E-state index is -0.804. The molecule has 1 aromatic carbocycles. The van der Waals surface area contributed by atoms with Gasteiger partial charge in [0.2, 0.25) is 0 Å². The Bertz CT molecular complexity index is 371. The van der Waals surface area contributed by atoms with Gasteiger partial charge in [0.25, 0.3) is 0 Å². The van der Waals surface area contributed by atoms with Crippen LogP contribution in [0.1, 0.15) is 32.3 Å². The molecule has 0 saturated carbocycles. The van der Waals surface area contributed by atoms with Crippen molar-refractivity contribution in [1.29, 1.82) is 0 Å². The second-order valence-corrected chi connectivity index (χ2v) is 4.49. The molecule has 1 rings (SSSR count). The Balaban J connectivity index is 3.07. The molecule has 0 saturated heterocycles. The first kappa shape index (κ1) is 12.6. The molecular formula is C13H18O3. The Morgan fingerprint density at radius 3 is 2.31 bits per heavy atom. The smallest absolute Gasteiger partial charge is 0.306 e. The first-order valence-corrected chi connectivity index (χ1v) is 5.45. The number of carbonyl (C=O) groups is 1. The van der Waals surface area contributed by atoms with Crippen molar-refractivity contribution < 1.29 is 15.0 Å². The minimum absolute atomic E-state index is 0.0791. The van der Waals surface area contributed by atoms with Crippen LogP contribution in [0.2, 0.25) is 0 Å². The number of hydrogen-bond acceptors (Lipinski definition) is 2. The predicted octanol–water partition coefficient (Wildman–Crippen LogP) is 2.85.